The van der Waals surface area contributed by atoms with Gasteiger partial charge in [0, 0.05) is 23.8 Å². The van der Waals surface area contributed by atoms with E-state index < -0.39 is 11.2 Å². The average Bonchev–Trinajstić information content (AvgIpc) is 3.34. The number of nitrogens with zero attached hydrogens (tertiary/aromatic N) is 2. The summed E-state index contributed by atoms with van der Waals surface area (Å²) in [4.78, 5) is 0. The standard InChI is InChI=1S/C23H20N2O4/c1-2-22-9-10-23(29-22,11-12-26)19-18(22)20(27)25(21(19)28)17-8-7-14(13-24)15-5-3-4-6-16(15)17/h3-10,26-28H,2,11-12H2,1H3/t22-,23-/m0/s1. The number of hydrogen-bond acceptors (Lipinski definition) is 5. The lowest BCUT2D eigenvalue weighted by Crippen LogP contribution is -2.25. The second-order valence-electron chi connectivity index (χ2n) is 7.56. The molecule has 29 heavy (non-hydrogen) atoms. The van der Waals surface area contributed by atoms with Gasteiger partial charge in [0.2, 0.25) is 11.8 Å². The van der Waals surface area contributed by atoms with E-state index in [4.69, 9.17) is 4.74 Å². The normalized spacial score (nSPS) is 24.2. The summed E-state index contributed by atoms with van der Waals surface area (Å²) in [5.74, 6) is -0.195. The van der Waals surface area contributed by atoms with Crippen molar-refractivity contribution in [3.63, 3.8) is 0 Å². The molecule has 6 nitrogen and oxygen atoms in total. The number of aliphatic hydroxyl groups excluding tert-OH is 1. The number of rotatable bonds is 4. The van der Waals surface area contributed by atoms with Gasteiger partial charge in [-0.1, -0.05) is 31.2 Å². The topological polar surface area (TPSA) is 98.6 Å². The fraction of sp³-hybridized carbons (Fsp3) is 0.261. The number of aliphatic hydroxyl groups is 1. The van der Waals surface area contributed by atoms with E-state index >= 15 is 0 Å². The minimum Gasteiger partial charge on any atom is -0.494 e. The summed E-state index contributed by atoms with van der Waals surface area (Å²) in [6, 6.07) is 13.0. The SMILES string of the molecule is CC[C@@]12C=C[C@@](CCO)(O1)c1c2c(O)n(-c2ccc(C#N)c3ccccc23)c1O. The van der Waals surface area contributed by atoms with Crippen LogP contribution in [-0.2, 0) is 15.9 Å². The van der Waals surface area contributed by atoms with Crippen LogP contribution in [0.5, 0.6) is 11.8 Å². The van der Waals surface area contributed by atoms with Gasteiger partial charge in [0.05, 0.1) is 28.4 Å². The van der Waals surface area contributed by atoms with Crippen LogP contribution in [0.15, 0.2) is 48.6 Å². The summed E-state index contributed by atoms with van der Waals surface area (Å²) in [6.07, 6.45) is 4.64. The average molecular weight is 388 g/mol. The van der Waals surface area contributed by atoms with Gasteiger partial charge in [-0.05, 0) is 30.7 Å². The number of ether oxygens (including phenoxy) is 1. The van der Waals surface area contributed by atoms with E-state index in [1.165, 1.54) is 4.57 Å². The number of aromatic nitrogens is 1. The molecule has 3 aromatic rings. The quantitative estimate of drug-likeness (QED) is 0.592. The molecule has 0 saturated heterocycles. The highest BCUT2D eigenvalue weighted by Gasteiger charge is 2.59. The maximum absolute atomic E-state index is 11.2. The molecule has 2 aromatic carbocycles. The number of fused-ring (bicyclic) bond motifs is 6. The maximum Gasteiger partial charge on any atom is 0.205 e. The summed E-state index contributed by atoms with van der Waals surface area (Å²) >= 11 is 0. The molecule has 0 unspecified atom stereocenters. The summed E-state index contributed by atoms with van der Waals surface area (Å²) in [5, 5.41) is 43.0. The number of benzene rings is 2. The van der Waals surface area contributed by atoms with Gasteiger partial charge >= 0.3 is 0 Å². The molecule has 5 rings (SSSR count). The molecule has 0 spiro atoms. The molecule has 146 valence electrons. The smallest absolute Gasteiger partial charge is 0.205 e. The summed E-state index contributed by atoms with van der Waals surface area (Å²) in [5.41, 5.74) is 0.349. The van der Waals surface area contributed by atoms with Gasteiger partial charge in [0.1, 0.15) is 11.2 Å². The van der Waals surface area contributed by atoms with Crippen LogP contribution in [-0.4, -0.2) is 26.5 Å². The Labute approximate surface area is 167 Å². The van der Waals surface area contributed by atoms with Gasteiger partial charge in [-0.3, -0.25) is 4.57 Å². The number of hydrogen-bond donors (Lipinski definition) is 3. The van der Waals surface area contributed by atoms with Crippen molar-refractivity contribution in [3.05, 3.63) is 65.2 Å². The fourth-order valence-corrected chi connectivity index (χ4v) is 4.88. The predicted octanol–water partition coefficient (Wildman–Crippen LogP) is 3.70. The van der Waals surface area contributed by atoms with Gasteiger partial charge in [0.25, 0.3) is 0 Å². The Hall–Kier alpha value is -3.27. The van der Waals surface area contributed by atoms with Crippen molar-refractivity contribution in [1.82, 2.24) is 4.57 Å². The van der Waals surface area contributed by atoms with E-state index in [9.17, 15) is 20.6 Å². The Morgan fingerprint density at radius 1 is 1.00 bits per heavy atom. The van der Waals surface area contributed by atoms with E-state index in [-0.39, 0.29) is 24.8 Å². The van der Waals surface area contributed by atoms with Crippen molar-refractivity contribution in [1.29, 1.82) is 5.26 Å². The summed E-state index contributed by atoms with van der Waals surface area (Å²) in [6.45, 7) is 1.84. The van der Waals surface area contributed by atoms with Gasteiger partial charge in [0.15, 0.2) is 0 Å². The van der Waals surface area contributed by atoms with Crippen molar-refractivity contribution < 1.29 is 20.1 Å². The van der Waals surface area contributed by atoms with Gasteiger partial charge < -0.3 is 20.1 Å². The van der Waals surface area contributed by atoms with E-state index in [1.807, 2.05) is 43.3 Å². The lowest BCUT2D eigenvalue weighted by atomic mass is 9.81. The van der Waals surface area contributed by atoms with Gasteiger partial charge in [-0.2, -0.15) is 5.26 Å². The molecule has 0 amide bonds. The molecule has 0 saturated carbocycles. The molecule has 3 N–H and O–H groups in total. The third kappa shape index (κ3) is 2.06. The Bertz CT molecular complexity index is 1240. The third-order valence-electron chi connectivity index (χ3n) is 6.22. The second kappa shape index (κ2) is 5.86. The van der Waals surface area contributed by atoms with Crippen molar-refractivity contribution in [2.24, 2.45) is 0 Å². The molecule has 2 bridgehead atoms. The van der Waals surface area contributed by atoms with E-state index in [0.29, 0.717) is 28.8 Å². The highest BCUT2D eigenvalue weighted by atomic mass is 16.5. The number of aromatic hydroxyl groups is 2. The lowest BCUT2D eigenvalue weighted by Gasteiger charge is -2.26. The Morgan fingerprint density at radius 3 is 2.31 bits per heavy atom. The van der Waals surface area contributed by atoms with Crippen LogP contribution in [0.2, 0.25) is 0 Å². The van der Waals surface area contributed by atoms with Crippen molar-refractivity contribution in [3.8, 4) is 23.5 Å². The van der Waals surface area contributed by atoms with E-state index in [1.54, 1.807) is 12.1 Å². The first-order valence-electron chi connectivity index (χ1n) is 9.63. The lowest BCUT2D eigenvalue weighted by molar-refractivity contribution is -0.0838. The first kappa shape index (κ1) is 17.8. The van der Waals surface area contributed by atoms with Crippen molar-refractivity contribution in [2.45, 2.75) is 31.0 Å². The predicted molar refractivity (Wildman–Crippen MR) is 107 cm³/mol. The maximum atomic E-state index is 11.2. The summed E-state index contributed by atoms with van der Waals surface area (Å²) in [7, 11) is 0. The molecule has 0 aliphatic carbocycles. The molecular formula is C23H20N2O4. The van der Waals surface area contributed by atoms with Crippen molar-refractivity contribution in [2.75, 3.05) is 6.61 Å². The van der Waals surface area contributed by atoms with E-state index in [2.05, 4.69) is 6.07 Å². The van der Waals surface area contributed by atoms with Crippen LogP contribution in [0.25, 0.3) is 16.5 Å². The second-order valence-corrected chi connectivity index (χ2v) is 7.56. The van der Waals surface area contributed by atoms with Crippen LogP contribution in [0.4, 0.5) is 0 Å². The zero-order valence-electron chi connectivity index (χ0n) is 15.9. The zero-order valence-corrected chi connectivity index (χ0v) is 15.9. The highest BCUT2D eigenvalue weighted by molar-refractivity contribution is 5.95. The molecule has 6 heteroatoms. The van der Waals surface area contributed by atoms with Crippen LogP contribution >= 0.6 is 0 Å². The van der Waals surface area contributed by atoms with Crippen LogP contribution in [0.3, 0.4) is 0 Å². The third-order valence-corrected chi connectivity index (χ3v) is 6.22. The van der Waals surface area contributed by atoms with E-state index in [0.717, 1.165) is 10.8 Å². The molecule has 2 atom stereocenters. The first-order valence-corrected chi connectivity index (χ1v) is 9.63. The molecule has 0 fully saturated rings. The largest absolute Gasteiger partial charge is 0.494 e. The Morgan fingerprint density at radius 2 is 1.66 bits per heavy atom. The molecule has 1 aromatic heterocycles. The molecule has 0 radical (unpaired) electrons. The Balaban J connectivity index is 1.83. The summed E-state index contributed by atoms with van der Waals surface area (Å²) < 4.78 is 7.69. The van der Waals surface area contributed by atoms with Crippen LogP contribution in [0, 0.1) is 11.3 Å². The molecule has 2 aliphatic rings. The molecule has 3 heterocycles. The number of nitriles is 1. The van der Waals surface area contributed by atoms with Crippen LogP contribution < -0.4 is 0 Å². The molecule has 2 aliphatic heterocycles. The first-order chi connectivity index (χ1) is 14.0. The minimum absolute atomic E-state index is 0.0848. The van der Waals surface area contributed by atoms with Gasteiger partial charge in [-0.25, -0.2) is 0 Å². The monoisotopic (exact) mass is 388 g/mol. The Kier molecular flexibility index (Phi) is 3.60. The van der Waals surface area contributed by atoms with Crippen molar-refractivity contribution >= 4 is 10.8 Å². The zero-order chi connectivity index (χ0) is 20.4. The minimum atomic E-state index is -0.963. The highest BCUT2D eigenvalue weighted by Crippen LogP contribution is 2.63. The fourth-order valence-electron chi connectivity index (χ4n) is 4.88. The molecular weight excluding hydrogens is 368 g/mol. The van der Waals surface area contributed by atoms with Crippen LogP contribution in [0.1, 0.15) is 36.5 Å². The van der Waals surface area contributed by atoms with Gasteiger partial charge in [-0.15, -0.1) is 0 Å².